The Labute approximate surface area is 116 Å². The third kappa shape index (κ3) is 3.26. The summed E-state index contributed by atoms with van der Waals surface area (Å²) in [6, 6.07) is -1.10. The molecule has 2 aliphatic heterocycles. The lowest BCUT2D eigenvalue weighted by molar-refractivity contribution is -0.141. The van der Waals surface area contributed by atoms with Crippen LogP contribution in [-0.2, 0) is 14.4 Å². The molecule has 2 fully saturated rings. The highest BCUT2D eigenvalue weighted by atomic mass is 16.4. The van der Waals surface area contributed by atoms with Crippen molar-refractivity contribution in [2.24, 2.45) is 0 Å². The van der Waals surface area contributed by atoms with Crippen molar-refractivity contribution in [3.05, 3.63) is 0 Å². The van der Waals surface area contributed by atoms with E-state index in [1.165, 1.54) is 4.90 Å². The summed E-state index contributed by atoms with van der Waals surface area (Å²) < 4.78 is 0. The smallest absolute Gasteiger partial charge is 0.322 e. The summed E-state index contributed by atoms with van der Waals surface area (Å²) in [6.07, 6.45) is 1.02. The second kappa shape index (κ2) is 6.19. The second-order valence-corrected chi connectivity index (χ2v) is 5.16. The van der Waals surface area contributed by atoms with Crippen molar-refractivity contribution in [3.8, 4) is 0 Å². The summed E-state index contributed by atoms with van der Waals surface area (Å²) in [7, 11) is 0. The SMILES string of the molecule is O=C(O)CNC(=O)C1CC(O)CN1C(=O)C1CCCN1. The van der Waals surface area contributed by atoms with Crippen molar-refractivity contribution in [2.75, 3.05) is 19.6 Å². The lowest BCUT2D eigenvalue weighted by Crippen LogP contribution is -2.51. The minimum atomic E-state index is -1.15. The summed E-state index contributed by atoms with van der Waals surface area (Å²) in [5, 5.41) is 23.5. The number of nitrogens with one attached hydrogen (secondary N) is 2. The van der Waals surface area contributed by atoms with Crippen molar-refractivity contribution in [1.29, 1.82) is 0 Å². The van der Waals surface area contributed by atoms with E-state index >= 15 is 0 Å². The zero-order chi connectivity index (χ0) is 14.7. The molecular weight excluding hydrogens is 266 g/mol. The topological polar surface area (TPSA) is 119 Å². The minimum Gasteiger partial charge on any atom is -0.480 e. The first-order valence-electron chi connectivity index (χ1n) is 6.70. The monoisotopic (exact) mass is 285 g/mol. The van der Waals surface area contributed by atoms with Crippen LogP contribution in [0.25, 0.3) is 0 Å². The van der Waals surface area contributed by atoms with E-state index in [9.17, 15) is 19.5 Å². The number of hydrogen-bond acceptors (Lipinski definition) is 5. The molecule has 112 valence electrons. The Morgan fingerprint density at radius 2 is 2.10 bits per heavy atom. The normalized spacial score (nSPS) is 29.4. The second-order valence-electron chi connectivity index (χ2n) is 5.16. The maximum Gasteiger partial charge on any atom is 0.322 e. The Bertz CT molecular complexity index is 408. The summed E-state index contributed by atoms with van der Waals surface area (Å²) in [5.41, 5.74) is 0. The number of aliphatic hydroxyl groups excluding tert-OH is 1. The van der Waals surface area contributed by atoms with Gasteiger partial charge in [-0.2, -0.15) is 0 Å². The van der Waals surface area contributed by atoms with Gasteiger partial charge in [0, 0.05) is 13.0 Å². The van der Waals surface area contributed by atoms with Gasteiger partial charge >= 0.3 is 5.97 Å². The van der Waals surface area contributed by atoms with E-state index in [0.717, 1.165) is 19.4 Å². The van der Waals surface area contributed by atoms with Gasteiger partial charge in [-0.05, 0) is 19.4 Å². The average Bonchev–Trinajstić information content (AvgIpc) is 3.04. The van der Waals surface area contributed by atoms with Crippen LogP contribution in [0.4, 0.5) is 0 Å². The predicted octanol–water partition coefficient (Wildman–Crippen LogP) is -2.10. The van der Waals surface area contributed by atoms with Crippen molar-refractivity contribution < 1.29 is 24.6 Å². The molecule has 2 amide bonds. The first-order chi connectivity index (χ1) is 9.49. The van der Waals surface area contributed by atoms with Gasteiger partial charge in [0.2, 0.25) is 11.8 Å². The molecule has 0 aromatic rings. The number of amides is 2. The Kier molecular flexibility index (Phi) is 4.56. The highest BCUT2D eigenvalue weighted by molar-refractivity contribution is 5.91. The third-order valence-corrected chi connectivity index (χ3v) is 3.64. The maximum atomic E-state index is 12.3. The number of carboxylic acids is 1. The van der Waals surface area contributed by atoms with E-state index in [2.05, 4.69) is 10.6 Å². The highest BCUT2D eigenvalue weighted by Gasteiger charge is 2.41. The number of hydrogen-bond donors (Lipinski definition) is 4. The van der Waals surface area contributed by atoms with Crippen LogP contribution >= 0.6 is 0 Å². The Hall–Kier alpha value is -1.67. The lowest BCUT2D eigenvalue weighted by atomic mass is 10.1. The van der Waals surface area contributed by atoms with Gasteiger partial charge in [-0.1, -0.05) is 0 Å². The van der Waals surface area contributed by atoms with Crippen molar-refractivity contribution >= 4 is 17.8 Å². The van der Waals surface area contributed by atoms with E-state index in [0.29, 0.717) is 0 Å². The molecule has 0 saturated carbocycles. The average molecular weight is 285 g/mol. The van der Waals surface area contributed by atoms with E-state index in [1.807, 2.05) is 0 Å². The van der Waals surface area contributed by atoms with E-state index in [1.54, 1.807) is 0 Å². The molecule has 2 aliphatic rings. The molecule has 0 aromatic carbocycles. The minimum absolute atomic E-state index is 0.113. The van der Waals surface area contributed by atoms with Crippen LogP contribution in [0, 0.1) is 0 Å². The number of carboxylic acid groups (broad SMARTS) is 1. The molecule has 8 nitrogen and oxygen atoms in total. The van der Waals surface area contributed by atoms with Gasteiger partial charge < -0.3 is 25.7 Å². The summed E-state index contributed by atoms with van der Waals surface area (Å²) in [4.78, 5) is 36.0. The summed E-state index contributed by atoms with van der Waals surface area (Å²) >= 11 is 0. The Morgan fingerprint density at radius 1 is 1.35 bits per heavy atom. The molecule has 0 spiro atoms. The van der Waals surface area contributed by atoms with Gasteiger partial charge in [0.25, 0.3) is 0 Å². The highest BCUT2D eigenvalue weighted by Crippen LogP contribution is 2.21. The standard InChI is InChI=1S/C12H19N3O5/c16-7-4-9(11(19)14-5-10(17)18)15(6-7)12(20)8-2-1-3-13-8/h7-9,13,16H,1-6H2,(H,14,19)(H,17,18). The van der Waals surface area contributed by atoms with Crippen LogP contribution in [0.15, 0.2) is 0 Å². The molecule has 2 rings (SSSR count). The molecule has 2 heterocycles. The Morgan fingerprint density at radius 3 is 2.70 bits per heavy atom. The maximum absolute atomic E-state index is 12.3. The first kappa shape index (κ1) is 14.7. The van der Waals surface area contributed by atoms with Gasteiger partial charge in [-0.15, -0.1) is 0 Å². The molecule has 0 bridgehead atoms. The fourth-order valence-corrected chi connectivity index (χ4v) is 2.68. The molecule has 2 saturated heterocycles. The van der Waals surface area contributed by atoms with Gasteiger partial charge in [-0.25, -0.2) is 0 Å². The number of β-amino-alcohol motifs (C(OH)–C–C–N with tert-alkyl or cyclic N) is 1. The van der Waals surface area contributed by atoms with E-state index in [-0.39, 0.29) is 24.9 Å². The van der Waals surface area contributed by atoms with Crippen molar-refractivity contribution in [2.45, 2.75) is 37.5 Å². The van der Waals surface area contributed by atoms with Gasteiger partial charge in [0.15, 0.2) is 0 Å². The molecule has 20 heavy (non-hydrogen) atoms. The summed E-state index contributed by atoms with van der Waals surface area (Å²) in [6.45, 7) is 0.389. The molecule has 4 N–H and O–H groups in total. The number of carbonyl (C=O) groups is 3. The van der Waals surface area contributed by atoms with Crippen LogP contribution in [-0.4, -0.2) is 70.7 Å². The number of rotatable bonds is 4. The Balaban J connectivity index is 2.00. The fraction of sp³-hybridized carbons (Fsp3) is 0.750. The number of aliphatic hydroxyl groups is 1. The third-order valence-electron chi connectivity index (χ3n) is 3.64. The molecule has 3 unspecified atom stereocenters. The van der Waals surface area contributed by atoms with Crippen LogP contribution in [0.3, 0.4) is 0 Å². The fourth-order valence-electron chi connectivity index (χ4n) is 2.68. The first-order valence-corrected chi connectivity index (χ1v) is 6.70. The van der Waals surface area contributed by atoms with Crippen molar-refractivity contribution in [3.63, 3.8) is 0 Å². The van der Waals surface area contributed by atoms with Crippen LogP contribution in [0.5, 0.6) is 0 Å². The molecule has 0 aliphatic carbocycles. The predicted molar refractivity (Wildman–Crippen MR) is 67.8 cm³/mol. The van der Waals surface area contributed by atoms with Crippen LogP contribution in [0.2, 0.25) is 0 Å². The summed E-state index contributed by atoms with van der Waals surface area (Å²) in [5.74, 6) is -1.88. The molecule has 3 atom stereocenters. The van der Waals surface area contributed by atoms with Crippen LogP contribution in [0.1, 0.15) is 19.3 Å². The molecule has 0 radical (unpaired) electrons. The van der Waals surface area contributed by atoms with Gasteiger partial charge in [-0.3, -0.25) is 14.4 Å². The molecule has 0 aromatic heterocycles. The number of nitrogens with zero attached hydrogens (tertiary/aromatic N) is 1. The van der Waals surface area contributed by atoms with Gasteiger partial charge in [0.05, 0.1) is 12.1 Å². The zero-order valence-electron chi connectivity index (χ0n) is 11.0. The lowest BCUT2D eigenvalue weighted by Gasteiger charge is -2.26. The van der Waals surface area contributed by atoms with Crippen LogP contribution < -0.4 is 10.6 Å². The van der Waals surface area contributed by atoms with E-state index in [4.69, 9.17) is 5.11 Å². The van der Waals surface area contributed by atoms with Gasteiger partial charge in [0.1, 0.15) is 12.6 Å². The quantitative estimate of drug-likeness (QED) is 0.470. The molecule has 8 heteroatoms. The zero-order valence-corrected chi connectivity index (χ0v) is 11.0. The van der Waals surface area contributed by atoms with E-state index < -0.39 is 30.6 Å². The van der Waals surface area contributed by atoms with Crippen molar-refractivity contribution in [1.82, 2.24) is 15.5 Å². The number of likely N-dealkylation sites (tertiary alicyclic amines) is 1. The number of carbonyl (C=O) groups excluding carboxylic acids is 2. The largest absolute Gasteiger partial charge is 0.480 e. The molecular formula is C12H19N3O5. The number of aliphatic carboxylic acids is 1.